The third kappa shape index (κ3) is 4.23. The van der Waals surface area contributed by atoms with Crippen LogP contribution in [0.5, 0.6) is 5.75 Å². The highest BCUT2D eigenvalue weighted by Gasteiger charge is 2.34. The van der Waals surface area contributed by atoms with Gasteiger partial charge in [-0.05, 0) is 37.3 Å². The van der Waals surface area contributed by atoms with Gasteiger partial charge in [0.05, 0.1) is 12.2 Å². The number of halogens is 1. The number of amides is 1. The van der Waals surface area contributed by atoms with Crippen molar-refractivity contribution in [3.63, 3.8) is 0 Å². The predicted molar refractivity (Wildman–Crippen MR) is 99.1 cm³/mol. The molecule has 1 saturated heterocycles. The second kappa shape index (κ2) is 7.98. The molecule has 0 spiro atoms. The van der Waals surface area contributed by atoms with Crippen LogP contribution in [0.25, 0.3) is 0 Å². The summed E-state index contributed by atoms with van der Waals surface area (Å²) >= 11 is 0. The van der Waals surface area contributed by atoms with E-state index in [4.69, 9.17) is 4.74 Å². The van der Waals surface area contributed by atoms with Gasteiger partial charge in [0.2, 0.25) is 0 Å². The molecular weight excluding hydrogens is 351 g/mol. The number of nitrogens with zero attached hydrogens (tertiary/aromatic N) is 2. The number of rotatable bonds is 7. The van der Waals surface area contributed by atoms with E-state index in [0.29, 0.717) is 12.1 Å². The fraction of sp³-hybridized carbons (Fsp3) is 0.500. The largest absolute Gasteiger partial charge is 0.480 e. The summed E-state index contributed by atoms with van der Waals surface area (Å²) in [5.74, 6) is -1.49. The van der Waals surface area contributed by atoms with Crippen LogP contribution in [0.15, 0.2) is 30.0 Å². The number of aliphatic carboxylic acids is 1. The molecule has 3 rings (SSSR count). The average Bonchev–Trinajstić information content (AvgIpc) is 3.24. The molecular formula is C20H25FN2O4. The Labute approximate surface area is 158 Å². The molecule has 1 amide bonds. The van der Waals surface area contributed by atoms with E-state index in [-0.39, 0.29) is 24.0 Å². The van der Waals surface area contributed by atoms with Crippen LogP contribution in [0.2, 0.25) is 0 Å². The summed E-state index contributed by atoms with van der Waals surface area (Å²) in [6, 6.07) is 4.04. The maximum absolute atomic E-state index is 14.8. The van der Waals surface area contributed by atoms with E-state index in [0.717, 1.165) is 25.9 Å². The molecule has 1 unspecified atom stereocenters. The zero-order valence-electron chi connectivity index (χ0n) is 15.7. The molecule has 2 aliphatic rings. The summed E-state index contributed by atoms with van der Waals surface area (Å²) in [5, 5.41) is 9.45. The SMILES string of the molecule is CC(C)CC(C(=O)O)N1CC(Oc2cccc(N3CCCC3)c2F)=CC1=O. The fourth-order valence-electron chi connectivity index (χ4n) is 3.57. The van der Waals surface area contributed by atoms with Crippen molar-refractivity contribution in [2.75, 3.05) is 24.5 Å². The second-order valence-corrected chi connectivity index (χ2v) is 7.45. The fourth-order valence-corrected chi connectivity index (χ4v) is 3.57. The van der Waals surface area contributed by atoms with Crippen LogP contribution in [-0.2, 0) is 9.59 Å². The molecule has 1 fully saturated rings. The number of hydrogen-bond donors (Lipinski definition) is 1. The molecule has 2 aliphatic heterocycles. The zero-order chi connectivity index (χ0) is 19.6. The van der Waals surface area contributed by atoms with Gasteiger partial charge in [0.15, 0.2) is 11.6 Å². The zero-order valence-corrected chi connectivity index (χ0v) is 15.7. The lowest BCUT2D eigenvalue weighted by Gasteiger charge is -2.26. The Morgan fingerprint density at radius 1 is 1.30 bits per heavy atom. The molecule has 0 aromatic heterocycles. The third-order valence-corrected chi connectivity index (χ3v) is 4.88. The maximum atomic E-state index is 14.8. The molecule has 27 heavy (non-hydrogen) atoms. The van der Waals surface area contributed by atoms with Crippen LogP contribution in [0.3, 0.4) is 0 Å². The normalized spacial score (nSPS) is 18.2. The van der Waals surface area contributed by atoms with Gasteiger partial charge < -0.3 is 19.6 Å². The molecule has 0 bridgehead atoms. The van der Waals surface area contributed by atoms with Crippen LogP contribution < -0.4 is 9.64 Å². The van der Waals surface area contributed by atoms with E-state index in [1.807, 2.05) is 18.7 Å². The summed E-state index contributed by atoms with van der Waals surface area (Å²) in [6.07, 6.45) is 3.66. The van der Waals surface area contributed by atoms with E-state index in [1.165, 1.54) is 17.0 Å². The number of carbonyl (C=O) groups excluding carboxylic acids is 1. The lowest BCUT2D eigenvalue weighted by atomic mass is 10.0. The molecule has 7 heteroatoms. The van der Waals surface area contributed by atoms with Crippen LogP contribution in [-0.4, -0.2) is 47.6 Å². The van der Waals surface area contributed by atoms with E-state index in [1.54, 1.807) is 12.1 Å². The number of carboxylic acid groups (broad SMARTS) is 1. The minimum atomic E-state index is -1.05. The Balaban J connectivity index is 1.74. The van der Waals surface area contributed by atoms with Crippen LogP contribution in [0, 0.1) is 11.7 Å². The van der Waals surface area contributed by atoms with Gasteiger partial charge >= 0.3 is 5.97 Å². The summed E-state index contributed by atoms with van der Waals surface area (Å²) < 4.78 is 20.5. The highest BCUT2D eigenvalue weighted by atomic mass is 19.1. The first-order chi connectivity index (χ1) is 12.9. The van der Waals surface area contributed by atoms with Crippen LogP contribution >= 0.6 is 0 Å². The van der Waals surface area contributed by atoms with Crippen molar-refractivity contribution < 1.29 is 23.8 Å². The Bertz CT molecular complexity index is 756. The average molecular weight is 376 g/mol. The van der Waals surface area contributed by atoms with Gasteiger partial charge in [-0.3, -0.25) is 4.79 Å². The van der Waals surface area contributed by atoms with Crippen molar-refractivity contribution in [3.8, 4) is 5.75 Å². The summed E-state index contributed by atoms with van der Waals surface area (Å²) in [7, 11) is 0. The quantitative estimate of drug-likeness (QED) is 0.792. The summed E-state index contributed by atoms with van der Waals surface area (Å²) in [4.78, 5) is 27.1. The first-order valence-corrected chi connectivity index (χ1v) is 9.32. The molecule has 2 heterocycles. The van der Waals surface area contributed by atoms with Gasteiger partial charge in [0.25, 0.3) is 5.91 Å². The molecule has 1 atom stereocenters. The smallest absolute Gasteiger partial charge is 0.326 e. The molecule has 1 aromatic rings. The Kier molecular flexibility index (Phi) is 5.68. The van der Waals surface area contributed by atoms with E-state index in [2.05, 4.69) is 0 Å². The molecule has 146 valence electrons. The molecule has 0 radical (unpaired) electrons. The van der Waals surface area contributed by atoms with Gasteiger partial charge in [-0.15, -0.1) is 0 Å². The van der Waals surface area contributed by atoms with Crippen molar-refractivity contribution in [2.24, 2.45) is 5.92 Å². The van der Waals surface area contributed by atoms with Gasteiger partial charge in [0, 0.05) is 19.2 Å². The highest BCUT2D eigenvalue weighted by molar-refractivity contribution is 5.94. The number of hydrogen-bond acceptors (Lipinski definition) is 4. The maximum Gasteiger partial charge on any atom is 0.326 e. The van der Waals surface area contributed by atoms with Crippen LogP contribution in [0.1, 0.15) is 33.1 Å². The third-order valence-electron chi connectivity index (χ3n) is 4.88. The lowest BCUT2D eigenvalue weighted by molar-refractivity contribution is -0.148. The molecule has 1 aromatic carbocycles. The Morgan fingerprint density at radius 2 is 2.00 bits per heavy atom. The standard InChI is InChI=1S/C20H25FN2O4/c1-13(2)10-16(20(25)26)23-12-14(11-18(23)24)27-17-7-5-6-15(19(17)21)22-8-3-4-9-22/h5-7,11,13,16H,3-4,8-10,12H2,1-2H3,(H,25,26). The van der Waals surface area contributed by atoms with E-state index in [9.17, 15) is 19.1 Å². The number of benzene rings is 1. The molecule has 0 aliphatic carbocycles. The summed E-state index contributed by atoms with van der Waals surface area (Å²) in [5.41, 5.74) is 0.495. The monoisotopic (exact) mass is 376 g/mol. The van der Waals surface area contributed by atoms with Gasteiger partial charge in [-0.25, -0.2) is 9.18 Å². The van der Waals surface area contributed by atoms with E-state index < -0.39 is 23.7 Å². The van der Waals surface area contributed by atoms with Crippen molar-refractivity contribution in [1.29, 1.82) is 0 Å². The Morgan fingerprint density at radius 3 is 2.63 bits per heavy atom. The van der Waals surface area contributed by atoms with Crippen molar-refractivity contribution in [2.45, 2.75) is 39.2 Å². The van der Waals surface area contributed by atoms with Crippen molar-refractivity contribution in [1.82, 2.24) is 4.90 Å². The first-order valence-electron chi connectivity index (χ1n) is 9.32. The van der Waals surface area contributed by atoms with Gasteiger partial charge in [0.1, 0.15) is 11.8 Å². The number of anilines is 1. The van der Waals surface area contributed by atoms with E-state index >= 15 is 0 Å². The minimum absolute atomic E-state index is 0.0237. The molecule has 6 nitrogen and oxygen atoms in total. The minimum Gasteiger partial charge on any atom is -0.480 e. The number of carboxylic acids is 1. The first kappa shape index (κ1) is 19.2. The molecule has 1 N–H and O–H groups in total. The lowest BCUT2D eigenvalue weighted by Crippen LogP contribution is -2.43. The Hall–Kier alpha value is -2.57. The number of ether oxygens (including phenoxy) is 1. The van der Waals surface area contributed by atoms with Crippen LogP contribution in [0.4, 0.5) is 10.1 Å². The molecule has 0 saturated carbocycles. The van der Waals surface area contributed by atoms with Gasteiger partial charge in [-0.2, -0.15) is 0 Å². The second-order valence-electron chi connectivity index (χ2n) is 7.45. The predicted octanol–water partition coefficient (Wildman–Crippen LogP) is 3.03. The van der Waals surface area contributed by atoms with Crippen molar-refractivity contribution >= 4 is 17.6 Å². The highest BCUT2D eigenvalue weighted by Crippen LogP contribution is 2.31. The summed E-state index contributed by atoms with van der Waals surface area (Å²) in [6.45, 7) is 5.45. The van der Waals surface area contributed by atoms with Crippen molar-refractivity contribution in [3.05, 3.63) is 35.9 Å². The van der Waals surface area contributed by atoms with Gasteiger partial charge in [-0.1, -0.05) is 19.9 Å². The topological polar surface area (TPSA) is 70.1 Å². The number of carbonyl (C=O) groups is 2.